The minimum Gasteiger partial charge on any atom is -0.399 e. The quantitative estimate of drug-likeness (QED) is 0.832. The Morgan fingerprint density at radius 3 is 2.72 bits per heavy atom. The van der Waals surface area contributed by atoms with Crippen LogP contribution in [0.2, 0.25) is 0 Å². The van der Waals surface area contributed by atoms with Crippen molar-refractivity contribution in [1.29, 1.82) is 0 Å². The van der Waals surface area contributed by atoms with Gasteiger partial charge in [0, 0.05) is 17.1 Å². The molecule has 0 amide bonds. The molecule has 0 spiro atoms. The summed E-state index contributed by atoms with van der Waals surface area (Å²) in [5.74, 6) is 0.593. The third kappa shape index (κ3) is 3.03. The van der Waals surface area contributed by atoms with E-state index in [1.54, 1.807) is 0 Å². The van der Waals surface area contributed by atoms with Crippen LogP contribution in [0.1, 0.15) is 39.8 Å². The Morgan fingerprint density at radius 2 is 2.06 bits per heavy atom. The zero-order chi connectivity index (χ0) is 13.3. The molecule has 1 atom stereocenters. The molecule has 98 valence electrons. The Kier molecular flexibility index (Phi) is 3.33. The molecule has 3 heteroatoms. The average molecular weight is 246 g/mol. The molecule has 2 aromatic rings. The Bertz CT molecular complexity index is 537. The number of hydrogen-bond donors (Lipinski definition) is 1. The number of anilines is 1. The van der Waals surface area contributed by atoms with Crippen LogP contribution in [0.4, 0.5) is 5.69 Å². The summed E-state index contributed by atoms with van der Waals surface area (Å²) in [6, 6.07) is 5.73. The molecular weight excluding hydrogens is 224 g/mol. The molecule has 1 aromatic carbocycles. The molecule has 0 aliphatic rings. The van der Waals surface area contributed by atoms with Crippen molar-refractivity contribution in [2.75, 3.05) is 5.73 Å². The number of aromatic nitrogens is 1. The molecule has 0 fully saturated rings. The fourth-order valence-electron chi connectivity index (χ4n) is 2.60. The van der Waals surface area contributed by atoms with E-state index < -0.39 is 0 Å². The molecule has 2 N–H and O–H groups in total. The molecule has 18 heavy (non-hydrogen) atoms. The molecule has 2 rings (SSSR count). The van der Waals surface area contributed by atoms with Gasteiger partial charge in [0.15, 0.2) is 5.58 Å². The molecular formula is C15H22N2O. The van der Waals surface area contributed by atoms with Crippen molar-refractivity contribution in [3.8, 4) is 0 Å². The predicted molar refractivity (Wildman–Crippen MR) is 75.4 cm³/mol. The molecule has 0 aliphatic heterocycles. The van der Waals surface area contributed by atoms with E-state index in [1.807, 2.05) is 18.2 Å². The molecule has 0 bridgehead atoms. The molecule has 3 nitrogen and oxygen atoms in total. The Balaban J connectivity index is 2.17. The van der Waals surface area contributed by atoms with Gasteiger partial charge in [-0.2, -0.15) is 0 Å². The summed E-state index contributed by atoms with van der Waals surface area (Å²) in [6.45, 7) is 9.07. The summed E-state index contributed by atoms with van der Waals surface area (Å²) < 4.78 is 5.33. The van der Waals surface area contributed by atoms with Crippen molar-refractivity contribution >= 4 is 16.7 Å². The first-order valence-electron chi connectivity index (χ1n) is 6.49. The van der Waals surface area contributed by atoms with Crippen molar-refractivity contribution in [3.05, 3.63) is 23.9 Å². The van der Waals surface area contributed by atoms with Gasteiger partial charge in [-0.15, -0.1) is 0 Å². The Hall–Kier alpha value is -1.51. The van der Waals surface area contributed by atoms with Gasteiger partial charge in [0.2, 0.25) is 0 Å². The van der Waals surface area contributed by atoms with Crippen LogP contribution >= 0.6 is 0 Å². The van der Waals surface area contributed by atoms with E-state index in [2.05, 4.69) is 32.9 Å². The van der Waals surface area contributed by atoms with Gasteiger partial charge in [-0.1, -0.05) is 32.9 Å². The van der Waals surface area contributed by atoms with E-state index in [1.165, 1.54) is 6.42 Å². The van der Waals surface area contributed by atoms with Crippen LogP contribution < -0.4 is 5.73 Å². The van der Waals surface area contributed by atoms with Crippen molar-refractivity contribution in [2.45, 2.75) is 40.5 Å². The highest BCUT2D eigenvalue weighted by Gasteiger charge is 2.18. The Labute approximate surface area is 108 Å². The second-order valence-corrected chi connectivity index (χ2v) is 6.46. The van der Waals surface area contributed by atoms with E-state index in [9.17, 15) is 0 Å². The van der Waals surface area contributed by atoms with E-state index in [4.69, 9.17) is 10.3 Å². The van der Waals surface area contributed by atoms with Gasteiger partial charge < -0.3 is 10.3 Å². The number of nitrogens with zero attached hydrogens (tertiary/aromatic N) is 1. The predicted octanol–water partition coefficient (Wildman–Crippen LogP) is 4.02. The van der Waals surface area contributed by atoms with E-state index in [-0.39, 0.29) is 0 Å². The monoisotopic (exact) mass is 246 g/mol. The fraction of sp³-hybridized carbons (Fsp3) is 0.533. The van der Waals surface area contributed by atoms with Crippen LogP contribution in [0, 0.1) is 11.3 Å². The van der Waals surface area contributed by atoms with Crippen LogP contribution in [-0.2, 0) is 6.42 Å². The number of hydrogen-bond acceptors (Lipinski definition) is 3. The average Bonchev–Trinajstić information content (AvgIpc) is 2.57. The first-order valence-corrected chi connectivity index (χ1v) is 6.49. The minimum absolute atomic E-state index is 0.351. The summed E-state index contributed by atoms with van der Waals surface area (Å²) >= 11 is 0. The highest BCUT2D eigenvalue weighted by Crippen LogP contribution is 2.28. The van der Waals surface area contributed by atoms with Crippen molar-refractivity contribution in [1.82, 2.24) is 5.16 Å². The van der Waals surface area contributed by atoms with E-state index >= 15 is 0 Å². The SMILES string of the molecule is CC(Cc1noc2cc(N)ccc12)CC(C)(C)C. The first kappa shape index (κ1) is 12.9. The third-order valence-corrected chi connectivity index (χ3v) is 3.07. The van der Waals surface area contributed by atoms with Gasteiger partial charge in [0.25, 0.3) is 0 Å². The summed E-state index contributed by atoms with van der Waals surface area (Å²) in [5, 5.41) is 5.26. The van der Waals surface area contributed by atoms with Gasteiger partial charge in [-0.3, -0.25) is 0 Å². The summed E-state index contributed by atoms with van der Waals surface area (Å²) in [5.41, 5.74) is 8.62. The number of benzene rings is 1. The minimum atomic E-state index is 0.351. The molecule has 1 unspecified atom stereocenters. The summed E-state index contributed by atoms with van der Waals surface area (Å²) in [4.78, 5) is 0. The zero-order valence-corrected chi connectivity index (χ0v) is 11.7. The lowest BCUT2D eigenvalue weighted by atomic mass is 9.83. The molecule has 1 aromatic heterocycles. The fourth-order valence-corrected chi connectivity index (χ4v) is 2.60. The van der Waals surface area contributed by atoms with Gasteiger partial charge in [0.1, 0.15) is 0 Å². The topological polar surface area (TPSA) is 52.0 Å². The van der Waals surface area contributed by atoms with Gasteiger partial charge in [-0.05, 0) is 36.3 Å². The Morgan fingerprint density at radius 1 is 1.33 bits per heavy atom. The maximum absolute atomic E-state index is 5.73. The van der Waals surface area contributed by atoms with Crippen LogP contribution in [0.25, 0.3) is 11.0 Å². The zero-order valence-electron chi connectivity index (χ0n) is 11.7. The van der Waals surface area contributed by atoms with Crippen molar-refractivity contribution in [2.24, 2.45) is 11.3 Å². The molecule has 0 saturated carbocycles. The molecule has 0 saturated heterocycles. The van der Waals surface area contributed by atoms with Crippen LogP contribution in [0.5, 0.6) is 0 Å². The first-order chi connectivity index (χ1) is 8.35. The second kappa shape index (κ2) is 4.63. The van der Waals surface area contributed by atoms with Gasteiger partial charge in [-0.25, -0.2) is 0 Å². The third-order valence-electron chi connectivity index (χ3n) is 3.07. The highest BCUT2D eigenvalue weighted by molar-refractivity contribution is 5.82. The van der Waals surface area contributed by atoms with Crippen molar-refractivity contribution in [3.63, 3.8) is 0 Å². The molecule has 1 heterocycles. The number of nitrogen functional groups attached to an aromatic ring is 1. The van der Waals surface area contributed by atoms with E-state index in [0.29, 0.717) is 17.0 Å². The van der Waals surface area contributed by atoms with Crippen molar-refractivity contribution < 1.29 is 4.52 Å². The van der Waals surface area contributed by atoms with Gasteiger partial charge >= 0.3 is 0 Å². The number of rotatable bonds is 3. The maximum Gasteiger partial charge on any atom is 0.169 e. The lowest BCUT2D eigenvalue weighted by molar-refractivity contribution is 0.302. The maximum atomic E-state index is 5.73. The number of nitrogens with two attached hydrogens (primary N) is 1. The largest absolute Gasteiger partial charge is 0.399 e. The van der Waals surface area contributed by atoms with Gasteiger partial charge in [0.05, 0.1) is 5.69 Å². The summed E-state index contributed by atoms with van der Waals surface area (Å²) in [6.07, 6.45) is 2.13. The van der Waals surface area contributed by atoms with Crippen LogP contribution in [0.3, 0.4) is 0 Å². The van der Waals surface area contributed by atoms with Crippen LogP contribution in [0.15, 0.2) is 22.7 Å². The standard InChI is InChI=1S/C15H22N2O/c1-10(9-15(2,3)4)7-13-12-6-5-11(16)8-14(12)18-17-13/h5-6,8,10H,7,9,16H2,1-4H3. The lowest BCUT2D eigenvalue weighted by Gasteiger charge is -2.22. The molecule has 0 aliphatic carbocycles. The molecule has 0 radical (unpaired) electrons. The number of fused-ring (bicyclic) bond motifs is 1. The highest BCUT2D eigenvalue weighted by atomic mass is 16.5. The normalized spacial score (nSPS) is 14.0. The van der Waals surface area contributed by atoms with E-state index in [0.717, 1.165) is 23.1 Å². The second-order valence-electron chi connectivity index (χ2n) is 6.46. The smallest absolute Gasteiger partial charge is 0.169 e. The lowest BCUT2D eigenvalue weighted by Crippen LogP contribution is -2.13. The summed E-state index contributed by atoms with van der Waals surface area (Å²) in [7, 11) is 0. The van der Waals surface area contributed by atoms with Crippen LogP contribution in [-0.4, -0.2) is 5.16 Å².